The molecule has 0 aliphatic rings. The average molecular weight is 343 g/mol. The van der Waals surface area contributed by atoms with Gasteiger partial charge in [0.15, 0.2) is 5.58 Å². The van der Waals surface area contributed by atoms with Crippen LogP contribution in [-0.4, -0.2) is 11.2 Å². The zero-order valence-electron chi connectivity index (χ0n) is 14.0. The third kappa shape index (κ3) is 3.89. The Morgan fingerprint density at radius 3 is 2.69 bits per heavy atom. The normalized spacial score (nSPS) is 11.1. The van der Waals surface area contributed by atoms with Gasteiger partial charge in [-0.1, -0.05) is 54.6 Å². The summed E-state index contributed by atoms with van der Waals surface area (Å²) in [4.78, 5) is 4.31. The molecular weight excluding hydrogens is 326 g/mol. The maximum absolute atomic E-state index is 5.82. The summed E-state index contributed by atoms with van der Waals surface area (Å²) in [5, 5.41) is 4.18. The van der Waals surface area contributed by atoms with Crippen molar-refractivity contribution in [2.75, 3.05) is 5.43 Å². The SMILES string of the molecule is C(=N/Nc1nc2ccccc2o1)/c1cccc(OCc2ccccc2)c1. The lowest BCUT2D eigenvalue weighted by Gasteiger charge is -2.06. The standard InChI is InChI=1S/C21H17N3O2/c1-2-7-16(8-3-1)15-25-18-10-6-9-17(13-18)14-22-24-21-23-19-11-4-5-12-20(19)26-21/h1-14H,15H2,(H,23,24)/b22-14-. The second-order valence-electron chi connectivity index (χ2n) is 5.70. The smallest absolute Gasteiger partial charge is 0.316 e. The highest BCUT2D eigenvalue weighted by Gasteiger charge is 2.02. The van der Waals surface area contributed by atoms with Crippen molar-refractivity contribution in [2.45, 2.75) is 6.61 Å². The molecule has 5 heteroatoms. The van der Waals surface area contributed by atoms with Gasteiger partial charge in [-0.3, -0.25) is 0 Å². The van der Waals surface area contributed by atoms with Crippen LogP contribution in [-0.2, 0) is 6.61 Å². The molecule has 0 radical (unpaired) electrons. The van der Waals surface area contributed by atoms with E-state index < -0.39 is 0 Å². The average Bonchev–Trinajstić information content (AvgIpc) is 3.10. The van der Waals surface area contributed by atoms with Crippen molar-refractivity contribution in [1.29, 1.82) is 0 Å². The van der Waals surface area contributed by atoms with Gasteiger partial charge < -0.3 is 9.15 Å². The summed E-state index contributed by atoms with van der Waals surface area (Å²) < 4.78 is 11.4. The van der Waals surface area contributed by atoms with Crippen molar-refractivity contribution in [1.82, 2.24) is 4.98 Å². The van der Waals surface area contributed by atoms with E-state index in [2.05, 4.69) is 15.5 Å². The minimum Gasteiger partial charge on any atom is -0.489 e. The van der Waals surface area contributed by atoms with Crippen molar-refractivity contribution < 1.29 is 9.15 Å². The van der Waals surface area contributed by atoms with Crippen molar-refractivity contribution in [2.24, 2.45) is 5.10 Å². The molecule has 3 aromatic carbocycles. The highest BCUT2D eigenvalue weighted by Crippen LogP contribution is 2.18. The lowest BCUT2D eigenvalue weighted by molar-refractivity contribution is 0.306. The van der Waals surface area contributed by atoms with E-state index in [1.165, 1.54) is 0 Å². The molecule has 0 fully saturated rings. The molecule has 4 rings (SSSR count). The second kappa shape index (κ2) is 7.53. The molecule has 0 spiro atoms. The van der Waals surface area contributed by atoms with Crippen LogP contribution >= 0.6 is 0 Å². The molecule has 5 nitrogen and oxygen atoms in total. The van der Waals surface area contributed by atoms with Gasteiger partial charge in [0.25, 0.3) is 0 Å². The van der Waals surface area contributed by atoms with Gasteiger partial charge in [-0.2, -0.15) is 10.1 Å². The quantitative estimate of drug-likeness (QED) is 0.401. The number of fused-ring (bicyclic) bond motifs is 1. The summed E-state index contributed by atoms with van der Waals surface area (Å²) in [6.07, 6.45) is 1.70. The summed E-state index contributed by atoms with van der Waals surface area (Å²) in [6, 6.07) is 25.7. The molecule has 1 N–H and O–H groups in total. The Kier molecular flexibility index (Phi) is 4.60. The first-order chi connectivity index (χ1) is 12.9. The van der Waals surface area contributed by atoms with Crippen LogP contribution < -0.4 is 10.2 Å². The molecule has 1 heterocycles. The molecular formula is C21H17N3O2. The fourth-order valence-electron chi connectivity index (χ4n) is 2.51. The van der Waals surface area contributed by atoms with Crippen LogP contribution in [0.25, 0.3) is 11.1 Å². The molecule has 0 unspecified atom stereocenters. The number of para-hydroxylation sites is 2. The Balaban J connectivity index is 1.39. The molecule has 0 aliphatic heterocycles. The van der Waals surface area contributed by atoms with Gasteiger partial charge in [-0.05, 0) is 35.4 Å². The van der Waals surface area contributed by atoms with Crippen molar-refractivity contribution in [3.05, 3.63) is 90.0 Å². The molecule has 0 saturated carbocycles. The van der Waals surface area contributed by atoms with Gasteiger partial charge in [0, 0.05) is 0 Å². The number of aromatic nitrogens is 1. The van der Waals surface area contributed by atoms with Crippen LogP contribution in [0.5, 0.6) is 5.75 Å². The van der Waals surface area contributed by atoms with Crippen molar-refractivity contribution in [3.63, 3.8) is 0 Å². The molecule has 1 aromatic heterocycles. The Morgan fingerprint density at radius 1 is 0.962 bits per heavy atom. The second-order valence-corrected chi connectivity index (χ2v) is 5.70. The summed E-state index contributed by atoms with van der Waals surface area (Å²) in [5.74, 6) is 0.791. The molecule has 128 valence electrons. The van der Waals surface area contributed by atoms with E-state index >= 15 is 0 Å². The van der Waals surface area contributed by atoms with Crippen LogP contribution in [0.15, 0.2) is 88.4 Å². The Hall–Kier alpha value is -3.60. The number of anilines is 1. The minimum absolute atomic E-state index is 0.360. The molecule has 0 amide bonds. The summed E-state index contributed by atoms with van der Waals surface area (Å²) in [7, 11) is 0. The number of rotatable bonds is 6. The number of benzene rings is 3. The fourth-order valence-corrected chi connectivity index (χ4v) is 2.51. The number of hydrazone groups is 1. The first-order valence-electron chi connectivity index (χ1n) is 8.28. The molecule has 0 atom stereocenters. The zero-order valence-corrected chi connectivity index (χ0v) is 14.0. The predicted molar refractivity (Wildman–Crippen MR) is 102 cm³/mol. The molecule has 0 bridgehead atoms. The maximum atomic E-state index is 5.82. The number of nitrogens with zero attached hydrogens (tertiary/aromatic N) is 2. The van der Waals surface area contributed by atoms with Crippen LogP contribution in [0.3, 0.4) is 0 Å². The first-order valence-corrected chi connectivity index (χ1v) is 8.28. The lowest BCUT2D eigenvalue weighted by atomic mass is 10.2. The summed E-state index contributed by atoms with van der Waals surface area (Å²) in [6.45, 7) is 0.530. The molecule has 26 heavy (non-hydrogen) atoms. The number of hydrogen-bond donors (Lipinski definition) is 1. The third-order valence-electron chi connectivity index (χ3n) is 3.77. The zero-order chi connectivity index (χ0) is 17.6. The van der Waals surface area contributed by atoms with Gasteiger partial charge >= 0.3 is 6.01 Å². The van der Waals surface area contributed by atoms with Crippen LogP contribution in [0.2, 0.25) is 0 Å². The van der Waals surface area contributed by atoms with Gasteiger partial charge in [0.05, 0.1) is 6.21 Å². The number of hydrogen-bond acceptors (Lipinski definition) is 5. The maximum Gasteiger partial charge on any atom is 0.316 e. The topological polar surface area (TPSA) is 59.7 Å². The Bertz CT molecular complexity index is 993. The third-order valence-corrected chi connectivity index (χ3v) is 3.77. The van der Waals surface area contributed by atoms with Crippen molar-refractivity contribution >= 4 is 23.3 Å². The van der Waals surface area contributed by atoms with Crippen LogP contribution in [0.4, 0.5) is 6.01 Å². The monoisotopic (exact) mass is 343 g/mol. The Morgan fingerprint density at radius 2 is 1.81 bits per heavy atom. The van der Waals surface area contributed by atoms with E-state index in [0.717, 1.165) is 28.0 Å². The lowest BCUT2D eigenvalue weighted by Crippen LogP contribution is -1.96. The largest absolute Gasteiger partial charge is 0.489 e. The summed E-state index contributed by atoms with van der Waals surface area (Å²) >= 11 is 0. The van der Waals surface area contributed by atoms with Gasteiger partial charge in [-0.15, -0.1) is 0 Å². The van der Waals surface area contributed by atoms with Crippen molar-refractivity contribution in [3.8, 4) is 5.75 Å². The number of oxazole rings is 1. The summed E-state index contributed by atoms with van der Waals surface area (Å²) in [5.41, 5.74) is 6.37. The van der Waals surface area contributed by atoms with Gasteiger partial charge in [0.2, 0.25) is 0 Å². The fraction of sp³-hybridized carbons (Fsp3) is 0.0476. The van der Waals surface area contributed by atoms with E-state index in [9.17, 15) is 0 Å². The first kappa shape index (κ1) is 15.9. The van der Waals surface area contributed by atoms with Crippen LogP contribution in [0, 0.1) is 0 Å². The number of ether oxygens (including phenoxy) is 1. The molecule has 0 aliphatic carbocycles. The van der Waals surface area contributed by atoms with E-state index in [4.69, 9.17) is 9.15 Å². The number of nitrogens with one attached hydrogen (secondary N) is 1. The van der Waals surface area contributed by atoms with E-state index in [-0.39, 0.29) is 0 Å². The minimum atomic E-state index is 0.360. The van der Waals surface area contributed by atoms with Gasteiger partial charge in [0.1, 0.15) is 17.9 Å². The van der Waals surface area contributed by atoms with Gasteiger partial charge in [-0.25, -0.2) is 5.43 Å². The predicted octanol–water partition coefficient (Wildman–Crippen LogP) is 4.85. The van der Waals surface area contributed by atoms with Crippen LogP contribution in [0.1, 0.15) is 11.1 Å². The van der Waals surface area contributed by atoms with E-state index in [0.29, 0.717) is 12.6 Å². The Labute approximate surface area is 150 Å². The van der Waals surface area contributed by atoms with E-state index in [1.807, 2.05) is 78.9 Å². The molecule has 4 aromatic rings. The highest BCUT2D eigenvalue weighted by molar-refractivity contribution is 5.81. The van der Waals surface area contributed by atoms with E-state index in [1.54, 1.807) is 6.21 Å². The highest BCUT2D eigenvalue weighted by atomic mass is 16.5. The molecule has 0 saturated heterocycles.